The molecule has 3 rings (SSSR count). The van der Waals surface area contributed by atoms with Gasteiger partial charge in [-0.25, -0.2) is 4.90 Å². The number of amides is 2. The van der Waals surface area contributed by atoms with Crippen molar-refractivity contribution in [3.05, 3.63) is 39.0 Å². The van der Waals surface area contributed by atoms with Crippen molar-refractivity contribution < 1.29 is 14.3 Å². The van der Waals surface area contributed by atoms with Crippen LogP contribution in [0.15, 0.2) is 28.9 Å². The highest BCUT2D eigenvalue weighted by Gasteiger charge is 2.39. The van der Waals surface area contributed by atoms with Gasteiger partial charge >= 0.3 is 0 Å². The van der Waals surface area contributed by atoms with Crippen molar-refractivity contribution in [2.75, 3.05) is 18.1 Å². The average molecular weight is 376 g/mol. The Morgan fingerprint density at radius 1 is 1.22 bits per heavy atom. The summed E-state index contributed by atoms with van der Waals surface area (Å²) in [6, 6.07) is 4.52. The van der Waals surface area contributed by atoms with Gasteiger partial charge in [-0.2, -0.15) is 0 Å². The van der Waals surface area contributed by atoms with Crippen LogP contribution in [0.25, 0.3) is 0 Å². The van der Waals surface area contributed by atoms with E-state index in [1.54, 1.807) is 6.07 Å². The summed E-state index contributed by atoms with van der Waals surface area (Å²) in [4.78, 5) is 25.8. The summed E-state index contributed by atoms with van der Waals surface area (Å²) < 4.78 is 5.48. The Balaban J connectivity index is 1.80. The summed E-state index contributed by atoms with van der Waals surface area (Å²) in [6.07, 6.45) is 1.91. The molecule has 0 bridgehead atoms. The minimum Gasteiger partial charge on any atom is -0.377 e. The molecule has 1 saturated heterocycles. The van der Waals surface area contributed by atoms with Crippen LogP contribution < -0.4 is 10.2 Å². The molecule has 0 spiro atoms. The third kappa shape index (κ3) is 3.19. The molecule has 0 aromatic heterocycles. The standard InChI is InChI=1S/C15H13Cl3N2O3/c16-8-3-4-11(10(17)6-8)20-14(21)12(18)13(15(20)22)19-7-9-2-1-5-23-9/h3-4,6,9,19H,1-2,5,7H2. The number of hydrogen-bond donors (Lipinski definition) is 1. The lowest BCUT2D eigenvalue weighted by molar-refractivity contribution is -0.120. The predicted molar refractivity (Wildman–Crippen MR) is 88.8 cm³/mol. The largest absolute Gasteiger partial charge is 0.377 e. The SMILES string of the molecule is O=C1C(Cl)=C(NCC2CCCO2)C(=O)N1c1ccc(Cl)cc1Cl. The van der Waals surface area contributed by atoms with E-state index in [-0.39, 0.29) is 27.5 Å². The number of carbonyl (C=O) groups excluding carboxylic acids is 2. The van der Waals surface area contributed by atoms with Gasteiger partial charge in [0.25, 0.3) is 11.8 Å². The highest BCUT2D eigenvalue weighted by atomic mass is 35.5. The summed E-state index contributed by atoms with van der Waals surface area (Å²) in [6.45, 7) is 1.13. The fourth-order valence-corrected chi connectivity index (χ4v) is 3.28. The molecule has 5 nitrogen and oxygen atoms in total. The zero-order valence-corrected chi connectivity index (χ0v) is 14.2. The quantitative estimate of drug-likeness (QED) is 0.822. The van der Waals surface area contributed by atoms with Crippen LogP contribution in [0.3, 0.4) is 0 Å². The van der Waals surface area contributed by atoms with E-state index in [0.717, 1.165) is 17.7 Å². The van der Waals surface area contributed by atoms with E-state index in [1.165, 1.54) is 12.1 Å². The van der Waals surface area contributed by atoms with Crippen molar-refractivity contribution in [2.45, 2.75) is 18.9 Å². The first-order valence-corrected chi connectivity index (χ1v) is 8.21. The number of anilines is 1. The fourth-order valence-electron chi connectivity index (χ4n) is 2.56. The van der Waals surface area contributed by atoms with Crippen molar-refractivity contribution in [1.29, 1.82) is 0 Å². The van der Waals surface area contributed by atoms with Crippen molar-refractivity contribution in [2.24, 2.45) is 0 Å². The van der Waals surface area contributed by atoms with Crippen molar-refractivity contribution in [1.82, 2.24) is 5.32 Å². The zero-order chi connectivity index (χ0) is 16.6. The monoisotopic (exact) mass is 374 g/mol. The highest BCUT2D eigenvalue weighted by Crippen LogP contribution is 2.34. The molecule has 1 fully saturated rings. The maximum Gasteiger partial charge on any atom is 0.283 e. The minimum absolute atomic E-state index is 0.0167. The second-order valence-electron chi connectivity index (χ2n) is 5.25. The van der Waals surface area contributed by atoms with E-state index < -0.39 is 11.8 Å². The number of nitrogens with zero attached hydrogens (tertiary/aromatic N) is 1. The van der Waals surface area contributed by atoms with E-state index in [4.69, 9.17) is 39.5 Å². The van der Waals surface area contributed by atoms with Crippen molar-refractivity contribution >= 4 is 52.3 Å². The summed E-state index contributed by atoms with van der Waals surface area (Å²) in [5.41, 5.74) is 0.316. The molecule has 2 amide bonds. The van der Waals surface area contributed by atoms with Crippen LogP contribution in [0.1, 0.15) is 12.8 Å². The van der Waals surface area contributed by atoms with Crippen LogP contribution in [0, 0.1) is 0 Å². The first-order chi connectivity index (χ1) is 11.0. The summed E-state index contributed by atoms with van der Waals surface area (Å²) in [5.74, 6) is -1.15. The third-order valence-electron chi connectivity index (χ3n) is 3.71. The Bertz CT molecular complexity index is 699. The van der Waals surface area contributed by atoms with Gasteiger partial charge in [0.1, 0.15) is 10.7 Å². The summed E-state index contributed by atoms with van der Waals surface area (Å²) >= 11 is 18.0. The van der Waals surface area contributed by atoms with Crippen LogP contribution in [0.4, 0.5) is 5.69 Å². The van der Waals surface area contributed by atoms with E-state index >= 15 is 0 Å². The third-order valence-corrected chi connectivity index (χ3v) is 4.60. The topological polar surface area (TPSA) is 58.6 Å². The lowest BCUT2D eigenvalue weighted by atomic mass is 10.2. The Hall–Kier alpha value is -1.27. The first kappa shape index (κ1) is 16.6. The fraction of sp³-hybridized carbons (Fsp3) is 0.333. The van der Waals surface area contributed by atoms with Crippen LogP contribution in [0.2, 0.25) is 10.0 Å². The molecule has 122 valence electrons. The number of ether oxygens (including phenoxy) is 1. The molecule has 1 N–H and O–H groups in total. The van der Waals surface area contributed by atoms with Crippen molar-refractivity contribution in [3.63, 3.8) is 0 Å². The summed E-state index contributed by atoms with van der Waals surface area (Å²) in [5, 5.41) is 3.38. The van der Waals surface area contributed by atoms with E-state index in [9.17, 15) is 9.59 Å². The lowest BCUT2D eigenvalue weighted by Crippen LogP contribution is -2.35. The normalized spacial score (nSPS) is 21.5. The molecule has 1 aromatic carbocycles. The van der Waals surface area contributed by atoms with Gasteiger partial charge in [0.2, 0.25) is 0 Å². The van der Waals surface area contributed by atoms with Gasteiger partial charge in [-0.3, -0.25) is 9.59 Å². The van der Waals surface area contributed by atoms with Crippen LogP contribution in [-0.4, -0.2) is 31.1 Å². The van der Waals surface area contributed by atoms with Crippen LogP contribution >= 0.6 is 34.8 Å². The van der Waals surface area contributed by atoms with Crippen LogP contribution in [-0.2, 0) is 14.3 Å². The number of halogens is 3. The zero-order valence-electron chi connectivity index (χ0n) is 11.9. The Morgan fingerprint density at radius 3 is 2.65 bits per heavy atom. The number of nitrogens with one attached hydrogen (secondary N) is 1. The molecule has 2 aliphatic heterocycles. The predicted octanol–water partition coefficient (Wildman–Crippen LogP) is 3.09. The van der Waals surface area contributed by atoms with Gasteiger partial charge in [0.05, 0.1) is 16.8 Å². The van der Waals surface area contributed by atoms with Gasteiger partial charge < -0.3 is 10.1 Å². The molecule has 1 atom stereocenters. The van der Waals surface area contributed by atoms with Crippen LogP contribution in [0.5, 0.6) is 0 Å². The second kappa shape index (κ2) is 6.69. The van der Waals surface area contributed by atoms with Gasteiger partial charge in [-0.1, -0.05) is 34.8 Å². The number of hydrogen-bond acceptors (Lipinski definition) is 4. The Labute approximate surface area is 148 Å². The molecule has 2 aliphatic rings. The molecule has 23 heavy (non-hydrogen) atoms. The number of carbonyl (C=O) groups is 2. The molecular weight excluding hydrogens is 363 g/mol. The molecule has 0 saturated carbocycles. The van der Waals surface area contributed by atoms with Gasteiger partial charge in [0, 0.05) is 18.2 Å². The van der Waals surface area contributed by atoms with E-state index in [0.29, 0.717) is 18.2 Å². The molecule has 1 aromatic rings. The second-order valence-corrected chi connectivity index (χ2v) is 6.47. The average Bonchev–Trinajstić information content (AvgIpc) is 3.08. The summed E-state index contributed by atoms with van der Waals surface area (Å²) in [7, 11) is 0. The smallest absolute Gasteiger partial charge is 0.283 e. The molecule has 0 radical (unpaired) electrons. The van der Waals surface area contributed by atoms with Crippen molar-refractivity contribution in [3.8, 4) is 0 Å². The molecular formula is C15H13Cl3N2O3. The van der Waals surface area contributed by atoms with E-state index in [2.05, 4.69) is 5.32 Å². The van der Waals surface area contributed by atoms with Gasteiger partial charge in [0.15, 0.2) is 0 Å². The van der Waals surface area contributed by atoms with Gasteiger partial charge in [-0.05, 0) is 31.0 Å². The Morgan fingerprint density at radius 2 is 2.00 bits per heavy atom. The van der Waals surface area contributed by atoms with Gasteiger partial charge in [-0.15, -0.1) is 0 Å². The number of imide groups is 1. The molecule has 2 heterocycles. The molecule has 0 aliphatic carbocycles. The maximum absolute atomic E-state index is 12.5. The molecule has 1 unspecified atom stereocenters. The Kier molecular flexibility index (Phi) is 4.82. The number of rotatable bonds is 4. The number of benzene rings is 1. The van der Waals surface area contributed by atoms with E-state index in [1.807, 2.05) is 0 Å². The minimum atomic E-state index is -0.615. The first-order valence-electron chi connectivity index (χ1n) is 7.08. The lowest BCUT2D eigenvalue weighted by Gasteiger charge is -2.17. The molecule has 8 heteroatoms. The highest BCUT2D eigenvalue weighted by molar-refractivity contribution is 6.53. The maximum atomic E-state index is 12.5.